The molecule has 0 radical (unpaired) electrons. The highest BCUT2D eigenvalue weighted by Gasteiger charge is 2.38. The molecule has 1 aromatic heterocycles. The Hall–Kier alpha value is -2.74. The zero-order valence-electron chi connectivity index (χ0n) is 16.7. The Morgan fingerprint density at radius 2 is 1.93 bits per heavy atom. The molecule has 2 atom stereocenters. The molecule has 2 aliphatic rings. The van der Waals surface area contributed by atoms with Gasteiger partial charge in [-0.3, -0.25) is 14.5 Å². The number of nitrogens with zero attached hydrogens (tertiary/aromatic N) is 2. The molecule has 1 saturated heterocycles. The SMILES string of the molecule is O=C(NC1CCN(C2CCCCC2)CC1C(=O)O)c1cc(-c2ccccc2F)on1. The van der Waals surface area contributed by atoms with Crippen LogP contribution in [0.1, 0.15) is 49.0 Å². The molecule has 1 saturated carbocycles. The first kappa shape index (κ1) is 20.5. The molecular weight excluding hydrogens is 389 g/mol. The van der Waals surface area contributed by atoms with Crippen LogP contribution < -0.4 is 5.32 Å². The molecule has 4 rings (SSSR count). The molecule has 2 heterocycles. The Kier molecular flexibility index (Phi) is 6.13. The summed E-state index contributed by atoms with van der Waals surface area (Å²) in [6, 6.07) is 7.40. The van der Waals surface area contributed by atoms with Gasteiger partial charge < -0.3 is 14.9 Å². The lowest BCUT2D eigenvalue weighted by Crippen LogP contribution is -2.56. The van der Waals surface area contributed by atoms with Gasteiger partial charge in [-0.25, -0.2) is 4.39 Å². The molecule has 7 nitrogen and oxygen atoms in total. The fraction of sp³-hybridized carbons (Fsp3) is 0.500. The normalized spacial score (nSPS) is 23.2. The van der Waals surface area contributed by atoms with Crippen LogP contribution in [0.3, 0.4) is 0 Å². The van der Waals surface area contributed by atoms with Gasteiger partial charge in [-0.15, -0.1) is 0 Å². The molecule has 1 amide bonds. The van der Waals surface area contributed by atoms with Crippen LogP contribution in [0.2, 0.25) is 0 Å². The van der Waals surface area contributed by atoms with Crippen LogP contribution in [0.4, 0.5) is 4.39 Å². The van der Waals surface area contributed by atoms with Crippen LogP contribution >= 0.6 is 0 Å². The van der Waals surface area contributed by atoms with Crippen molar-refractivity contribution in [3.63, 3.8) is 0 Å². The van der Waals surface area contributed by atoms with E-state index < -0.39 is 29.7 Å². The van der Waals surface area contributed by atoms with Crippen molar-refractivity contribution in [3.05, 3.63) is 41.8 Å². The first-order valence-corrected chi connectivity index (χ1v) is 10.5. The summed E-state index contributed by atoms with van der Waals surface area (Å²) in [5.41, 5.74) is 0.223. The number of halogens is 1. The van der Waals surface area contributed by atoms with E-state index >= 15 is 0 Å². The average molecular weight is 415 g/mol. The lowest BCUT2D eigenvalue weighted by atomic mass is 9.87. The predicted molar refractivity (Wildman–Crippen MR) is 107 cm³/mol. The lowest BCUT2D eigenvalue weighted by Gasteiger charge is -2.42. The van der Waals surface area contributed by atoms with Crippen molar-refractivity contribution in [2.75, 3.05) is 13.1 Å². The Balaban J connectivity index is 1.42. The molecule has 2 unspecified atom stereocenters. The molecule has 2 fully saturated rings. The molecule has 8 heteroatoms. The number of carbonyl (C=O) groups is 2. The molecule has 1 aliphatic heterocycles. The first-order chi connectivity index (χ1) is 14.5. The molecule has 2 N–H and O–H groups in total. The van der Waals surface area contributed by atoms with Crippen LogP contribution in [0.15, 0.2) is 34.9 Å². The van der Waals surface area contributed by atoms with Crippen molar-refractivity contribution < 1.29 is 23.6 Å². The summed E-state index contributed by atoms with van der Waals surface area (Å²) in [6.45, 7) is 1.20. The van der Waals surface area contributed by atoms with E-state index in [1.54, 1.807) is 18.2 Å². The highest BCUT2D eigenvalue weighted by molar-refractivity contribution is 5.93. The molecule has 1 aliphatic carbocycles. The smallest absolute Gasteiger partial charge is 0.309 e. The van der Waals surface area contributed by atoms with E-state index in [9.17, 15) is 19.1 Å². The second-order valence-electron chi connectivity index (χ2n) is 8.16. The van der Waals surface area contributed by atoms with Crippen LogP contribution in [-0.2, 0) is 4.79 Å². The Morgan fingerprint density at radius 1 is 1.17 bits per heavy atom. The maximum Gasteiger partial charge on any atom is 0.309 e. The number of aromatic nitrogens is 1. The van der Waals surface area contributed by atoms with Crippen LogP contribution in [0, 0.1) is 11.7 Å². The Bertz CT molecular complexity index is 909. The van der Waals surface area contributed by atoms with E-state index in [4.69, 9.17) is 4.52 Å². The Labute approximate surface area is 174 Å². The number of carboxylic acids is 1. The standard InChI is InChI=1S/C22H26FN3O4/c23-17-9-5-4-8-15(17)20-12-19(25-30-20)21(27)24-18-10-11-26(13-16(18)22(28)29)14-6-2-1-3-7-14/h4-5,8-9,12,14,16,18H,1-3,6-7,10-11,13H2,(H,24,27)(H,28,29). The summed E-state index contributed by atoms with van der Waals surface area (Å²) in [4.78, 5) is 26.8. The highest BCUT2D eigenvalue weighted by Crippen LogP contribution is 2.28. The highest BCUT2D eigenvalue weighted by atomic mass is 19.1. The van der Waals surface area contributed by atoms with Crippen molar-refractivity contribution in [1.29, 1.82) is 0 Å². The van der Waals surface area contributed by atoms with Gasteiger partial charge in [0.05, 0.1) is 11.5 Å². The topological polar surface area (TPSA) is 95.7 Å². The fourth-order valence-electron chi connectivity index (χ4n) is 4.59. The van der Waals surface area contributed by atoms with Gasteiger partial charge in [-0.2, -0.15) is 0 Å². The predicted octanol–water partition coefficient (Wildman–Crippen LogP) is 3.32. The van der Waals surface area contributed by atoms with Gasteiger partial charge in [-0.05, 0) is 31.4 Å². The summed E-state index contributed by atoms with van der Waals surface area (Å²) < 4.78 is 19.1. The number of piperidine rings is 1. The van der Waals surface area contributed by atoms with Gasteiger partial charge in [0.2, 0.25) is 0 Å². The van der Waals surface area contributed by atoms with E-state index in [1.165, 1.54) is 31.4 Å². The number of likely N-dealkylation sites (tertiary alicyclic amines) is 1. The van der Waals surface area contributed by atoms with Gasteiger partial charge >= 0.3 is 5.97 Å². The maximum atomic E-state index is 13.9. The molecule has 1 aromatic carbocycles. The van der Waals surface area contributed by atoms with Crippen molar-refractivity contribution in [3.8, 4) is 11.3 Å². The van der Waals surface area contributed by atoms with Crippen LogP contribution in [0.5, 0.6) is 0 Å². The van der Waals surface area contributed by atoms with Crippen molar-refractivity contribution in [2.45, 2.75) is 50.6 Å². The van der Waals surface area contributed by atoms with E-state index in [0.29, 0.717) is 19.0 Å². The average Bonchev–Trinajstić information content (AvgIpc) is 3.25. The first-order valence-electron chi connectivity index (χ1n) is 10.5. The van der Waals surface area contributed by atoms with Crippen molar-refractivity contribution in [2.24, 2.45) is 5.92 Å². The lowest BCUT2D eigenvalue weighted by molar-refractivity contribution is -0.145. The molecule has 0 bridgehead atoms. The molecule has 0 spiro atoms. The second-order valence-corrected chi connectivity index (χ2v) is 8.16. The molecule has 160 valence electrons. The molecule has 2 aromatic rings. The van der Waals surface area contributed by atoms with Gasteiger partial charge in [0, 0.05) is 31.2 Å². The quantitative estimate of drug-likeness (QED) is 0.778. The van der Waals surface area contributed by atoms with Crippen LogP contribution in [0.25, 0.3) is 11.3 Å². The summed E-state index contributed by atoms with van der Waals surface area (Å²) in [6.07, 6.45) is 6.42. The van der Waals surface area contributed by atoms with E-state index in [2.05, 4.69) is 15.4 Å². The van der Waals surface area contributed by atoms with Gasteiger partial charge in [0.25, 0.3) is 5.91 Å². The van der Waals surface area contributed by atoms with E-state index in [1.807, 2.05) is 0 Å². The minimum Gasteiger partial charge on any atom is -0.481 e. The number of hydrogen-bond donors (Lipinski definition) is 2. The number of carbonyl (C=O) groups excluding carboxylic acids is 1. The minimum atomic E-state index is -0.909. The molecule has 30 heavy (non-hydrogen) atoms. The largest absolute Gasteiger partial charge is 0.481 e. The second kappa shape index (κ2) is 8.95. The van der Waals surface area contributed by atoms with E-state index in [-0.39, 0.29) is 17.0 Å². The molecular formula is C22H26FN3O4. The number of carboxylic acid groups (broad SMARTS) is 1. The van der Waals surface area contributed by atoms with Gasteiger partial charge in [-0.1, -0.05) is 36.6 Å². The van der Waals surface area contributed by atoms with E-state index in [0.717, 1.165) is 19.4 Å². The van der Waals surface area contributed by atoms with Gasteiger partial charge in [0.1, 0.15) is 5.82 Å². The number of amides is 1. The number of nitrogens with one attached hydrogen (secondary N) is 1. The third-order valence-corrected chi connectivity index (χ3v) is 6.25. The summed E-state index contributed by atoms with van der Waals surface area (Å²) >= 11 is 0. The Morgan fingerprint density at radius 3 is 2.67 bits per heavy atom. The number of benzene rings is 1. The monoisotopic (exact) mass is 415 g/mol. The summed E-state index contributed by atoms with van der Waals surface area (Å²) in [5, 5.41) is 16.3. The maximum absolute atomic E-state index is 13.9. The number of aliphatic carboxylic acids is 1. The third-order valence-electron chi connectivity index (χ3n) is 6.25. The summed E-state index contributed by atoms with van der Waals surface area (Å²) in [7, 11) is 0. The zero-order chi connectivity index (χ0) is 21.1. The van der Waals surface area contributed by atoms with Crippen LogP contribution in [-0.4, -0.2) is 52.2 Å². The number of hydrogen-bond acceptors (Lipinski definition) is 5. The zero-order valence-corrected chi connectivity index (χ0v) is 16.7. The third kappa shape index (κ3) is 4.38. The fourth-order valence-corrected chi connectivity index (χ4v) is 4.59. The number of rotatable bonds is 5. The summed E-state index contributed by atoms with van der Waals surface area (Å²) in [5.74, 6) is -2.42. The van der Waals surface area contributed by atoms with Gasteiger partial charge in [0.15, 0.2) is 11.5 Å². The minimum absolute atomic E-state index is 0.00658. The van der Waals surface area contributed by atoms with Crippen molar-refractivity contribution in [1.82, 2.24) is 15.4 Å². The van der Waals surface area contributed by atoms with Crippen molar-refractivity contribution >= 4 is 11.9 Å².